The van der Waals surface area contributed by atoms with Crippen molar-refractivity contribution in [3.63, 3.8) is 0 Å². The first-order valence-corrected chi connectivity index (χ1v) is 7.32. The van der Waals surface area contributed by atoms with E-state index in [9.17, 15) is 4.79 Å². The van der Waals surface area contributed by atoms with Gasteiger partial charge in [-0.15, -0.1) is 0 Å². The summed E-state index contributed by atoms with van der Waals surface area (Å²) < 4.78 is 3.30. The molecule has 1 nitrogen and oxygen atoms in total. The fraction of sp³-hybridized carbons (Fsp3) is 0.0833. The van der Waals surface area contributed by atoms with Gasteiger partial charge < -0.3 is 0 Å². The SMILES string of the molecule is Cc1ccc2sc3cc[se]c3c(=O)c2c1. The molecule has 74 valence electrons. The topological polar surface area (TPSA) is 17.1 Å². The van der Waals surface area contributed by atoms with E-state index in [2.05, 4.69) is 23.1 Å². The van der Waals surface area contributed by atoms with Crippen LogP contribution in [0.2, 0.25) is 0 Å². The summed E-state index contributed by atoms with van der Waals surface area (Å²) in [6, 6.07) is 8.20. The number of rotatable bonds is 0. The molecule has 2 heterocycles. The van der Waals surface area contributed by atoms with Crippen molar-refractivity contribution in [2.24, 2.45) is 0 Å². The maximum atomic E-state index is 12.2. The van der Waals surface area contributed by atoms with Crippen LogP contribution in [0.1, 0.15) is 5.56 Å². The maximum absolute atomic E-state index is 12.2. The third-order valence-electron chi connectivity index (χ3n) is 2.43. The summed E-state index contributed by atoms with van der Waals surface area (Å²) in [6.45, 7) is 2.03. The standard InChI is InChI=1S/C12H8OSSe/c1-7-2-3-9-8(6-7)11(13)12-10(14-9)4-5-15-12/h2-6H,1H3. The van der Waals surface area contributed by atoms with Crippen LogP contribution in [0, 0.1) is 6.92 Å². The molecule has 3 aromatic rings. The van der Waals surface area contributed by atoms with E-state index in [1.54, 1.807) is 11.3 Å². The predicted octanol–water partition coefficient (Wildman–Crippen LogP) is 2.78. The third-order valence-corrected chi connectivity index (χ3v) is 5.78. The minimum absolute atomic E-state index is 0.243. The molecule has 3 rings (SSSR count). The summed E-state index contributed by atoms with van der Waals surface area (Å²) in [5.41, 5.74) is 1.40. The van der Waals surface area contributed by atoms with Gasteiger partial charge in [-0.2, -0.15) is 0 Å². The molecule has 0 bridgehead atoms. The van der Waals surface area contributed by atoms with Crippen LogP contribution in [-0.2, 0) is 0 Å². The van der Waals surface area contributed by atoms with E-state index < -0.39 is 0 Å². The molecule has 0 fully saturated rings. The Bertz CT molecular complexity index is 708. The molecule has 0 N–H and O–H groups in total. The van der Waals surface area contributed by atoms with Gasteiger partial charge in [-0.25, -0.2) is 0 Å². The second-order valence-electron chi connectivity index (χ2n) is 3.54. The van der Waals surface area contributed by atoms with Gasteiger partial charge in [0.25, 0.3) is 0 Å². The number of aryl methyl sites for hydroxylation is 1. The molecule has 0 radical (unpaired) electrons. The van der Waals surface area contributed by atoms with Crippen LogP contribution in [0.25, 0.3) is 19.0 Å². The molecule has 2 aromatic heterocycles. The monoisotopic (exact) mass is 280 g/mol. The zero-order valence-corrected chi connectivity index (χ0v) is 10.6. The van der Waals surface area contributed by atoms with Crippen molar-refractivity contribution < 1.29 is 0 Å². The number of benzene rings is 1. The average Bonchev–Trinajstić information content (AvgIpc) is 2.68. The van der Waals surface area contributed by atoms with Crippen molar-refractivity contribution in [3.05, 3.63) is 45.0 Å². The van der Waals surface area contributed by atoms with E-state index >= 15 is 0 Å². The molecule has 0 saturated heterocycles. The van der Waals surface area contributed by atoms with Crippen molar-refractivity contribution >= 4 is 44.9 Å². The van der Waals surface area contributed by atoms with Gasteiger partial charge in [0, 0.05) is 0 Å². The van der Waals surface area contributed by atoms with Crippen LogP contribution < -0.4 is 5.43 Å². The molecule has 0 aliphatic rings. The predicted molar refractivity (Wildman–Crippen MR) is 67.3 cm³/mol. The van der Waals surface area contributed by atoms with E-state index in [1.807, 2.05) is 13.0 Å². The normalized spacial score (nSPS) is 11.3. The first-order valence-electron chi connectivity index (χ1n) is 4.66. The van der Waals surface area contributed by atoms with E-state index in [0.29, 0.717) is 0 Å². The van der Waals surface area contributed by atoms with Gasteiger partial charge in [0.1, 0.15) is 0 Å². The minimum atomic E-state index is 0.243. The van der Waals surface area contributed by atoms with Crippen molar-refractivity contribution in [1.29, 1.82) is 0 Å². The molecule has 0 saturated carbocycles. The van der Waals surface area contributed by atoms with E-state index in [1.165, 1.54) is 0 Å². The van der Waals surface area contributed by atoms with E-state index in [0.717, 1.165) is 24.6 Å². The third kappa shape index (κ3) is 1.39. The van der Waals surface area contributed by atoms with Crippen LogP contribution in [0.15, 0.2) is 34.0 Å². The Morgan fingerprint density at radius 3 is 2.93 bits per heavy atom. The van der Waals surface area contributed by atoms with Gasteiger partial charge in [0.15, 0.2) is 0 Å². The van der Waals surface area contributed by atoms with Gasteiger partial charge in [0.2, 0.25) is 0 Å². The Labute approximate surface area is 96.7 Å². The van der Waals surface area contributed by atoms with Crippen LogP contribution in [0.4, 0.5) is 0 Å². The summed E-state index contributed by atoms with van der Waals surface area (Å²) in [7, 11) is 0. The molecular formula is C12H8OSSe. The summed E-state index contributed by atoms with van der Waals surface area (Å²) in [5, 5.41) is 0.893. The van der Waals surface area contributed by atoms with Crippen molar-refractivity contribution in [2.75, 3.05) is 0 Å². The Hall–Kier alpha value is -0.891. The Morgan fingerprint density at radius 2 is 2.07 bits per heavy atom. The number of hydrogen-bond acceptors (Lipinski definition) is 2. The zero-order chi connectivity index (χ0) is 10.4. The Morgan fingerprint density at radius 1 is 1.20 bits per heavy atom. The molecule has 0 unspecified atom stereocenters. The van der Waals surface area contributed by atoms with Crippen LogP contribution in [0.5, 0.6) is 0 Å². The number of hydrogen-bond donors (Lipinski definition) is 0. The van der Waals surface area contributed by atoms with E-state index in [4.69, 9.17) is 0 Å². The van der Waals surface area contributed by atoms with Gasteiger partial charge in [-0.3, -0.25) is 0 Å². The van der Waals surface area contributed by atoms with Gasteiger partial charge in [-0.1, -0.05) is 0 Å². The Balaban J connectivity index is 2.64. The Kier molecular flexibility index (Phi) is 2.06. The second kappa shape index (κ2) is 3.31. The fourth-order valence-electron chi connectivity index (χ4n) is 1.69. The van der Waals surface area contributed by atoms with Gasteiger partial charge in [-0.05, 0) is 0 Å². The second-order valence-corrected chi connectivity index (χ2v) is 6.55. The zero-order valence-electron chi connectivity index (χ0n) is 8.11. The molecule has 15 heavy (non-hydrogen) atoms. The molecule has 0 aliphatic carbocycles. The molecular weight excluding hydrogens is 271 g/mol. The molecule has 0 atom stereocenters. The molecule has 0 amide bonds. The summed E-state index contributed by atoms with van der Waals surface area (Å²) >= 11 is 1.98. The van der Waals surface area contributed by atoms with Crippen LogP contribution in [0.3, 0.4) is 0 Å². The fourth-order valence-corrected chi connectivity index (χ4v) is 4.91. The van der Waals surface area contributed by atoms with Crippen molar-refractivity contribution in [2.45, 2.75) is 6.92 Å². The van der Waals surface area contributed by atoms with Crippen LogP contribution in [-0.4, -0.2) is 14.5 Å². The number of fused-ring (bicyclic) bond motifs is 2. The van der Waals surface area contributed by atoms with Gasteiger partial charge >= 0.3 is 96.8 Å². The molecule has 1 aromatic carbocycles. The van der Waals surface area contributed by atoms with E-state index in [-0.39, 0.29) is 19.9 Å². The molecule has 0 spiro atoms. The summed E-state index contributed by atoms with van der Waals surface area (Å²) in [6.07, 6.45) is 0. The average molecular weight is 279 g/mol. The summed E-state index contributed by atoms with van der Waals surface area (Å²) in [4.78, 5) is 14.3. The molecule has 3 heteroatoms. The first kappa shape index (κ1) is 9.34. The van der Waals surface area contributed by atoms with Crippen molar-refractivity contribution in [3.8, 4) is 0 Å². The summed E-state index contributed by atoms with van der Waals surface area (Å²) in [5.74, 6) is 0. The quantitative estimate of drug-likeness (QED) is 0.578. The molecule has 0 aliphatic heterocycles. The van der Waals surface area contributed by atoms with Crippen molar-refractivity contribution in [1.82, 2.24) is 0 Å². The van der Waals surface area contributed by atoms with Gasteiger partial charge in [0.05, 0.1) is 0 Å². The first-order chi connectivity index (χ1) is 7.25. The van der Waals surface area contributed by atoms with Crippen LogP contribution >= 0.6 is 11.3 Å².